The van der Waals surface area contributed by atoms with E-state index in [4.69, 9.17) is 8.94 Å². The van der Waals surface area contributed by atoms with Crippen LogP contribution in [0.1, 0.15) is 18.6 Å². The quantitative estimate of drug-likeness (QED) is 0.453. The highest BCUT2D eigenvalue weighted by atomic mass is 32.2. The molecule has 7 nitrogen and oxygen atoms in total. The van der Waals surface area contributed by atoms with Gasteiger partial charge in [0.1, 0.15) is 17.0 Å². The zero-order valence-corrected chi connectivity index (χ0v) is 16.7. The van der Waals surface area contributed by atoms with Crippen LogP contribution in [0.15, 0.2) is 68.4 Å². The summed E-state index contributed by atoms with van der Waals surface area (Å²) < 4.78 is 11.2. The summed E-state index contributed by atoms with van der Waals surface area (Å²) in [5.41, 5.74) is 3.07. The van der Waals surface area contributed by atoms with Crippen LogP contribution < -0.4 is 5.32 Å². The Morgan fingerprint density at radius 1 is 1.07 bits per heavy atom. The second kappa shape index (κ2) is 8.32. The van der Waals surface area contributed by atoms with E-state index >= 15 is 0 Å². The number of amides is 1. The number of aromatic nitrogens is 3. The second-order valence-corrected chi connectivity index (χ2v) is 7.37. The van der Waals surface area contributed by atoms with Crippen LogP contribution >= 0.6 is 11.8 Å². The van der Waals surface area contributed by atoms with Crippen LogP contribution in [0, 0.1) is 6.92 Å². The van der Waals surface area contributed by atoms with Crippen molar-refractivity contribution in [2.24, 2.45) is 0 Å². The molecule has 0 radical (unpaired) electrons. The van der Waals surface area contributed by atoms with Crippen LogP contribution in [0.5, 0.6) is 0 Å². The maximum absolute atomic E-state index is 11.1. The second-order valence-electron chi connectivity index (χ2n) is 6.32. The van der Waals surface area contributed by atoms with E-state index in [1.807, 2.05) is 61.5 Å². The molecule has 2 aromatic heterocycles. The van der Waals surface area contributed by atoms with Gasteiger partial charge in [-0.3, -0.25) is 4.79 Å². The van der Waals surface area contributed by atoms with Gasteiger partial charge < -0.3 is 14.3 Å². The first-order chi connectivity index (χ1) is 14.1. The first kappa shape index (κ1) is 18.9. The lowest BCUT2D eigenvalue weighted by molar-refractivity contribution is -0.114. The summed E-state index contributed by atoms with van der Waals surface area (Å²) in [7, 11) is 0. The van der Waals surface area contributed by atoms with Crippen molar-refractivity contribution in [3.05, 3.63) is 66.2 Å². The number of rotatable bonds is 6. The number of nitrogens with one attached hydrogen (secondary N) is 1. The molecule has 0 unspecified atom stereocenters. The van der Waals surface area contributed by atoms with Crippen LogP contribution in [0.2, 0.25) is 0 Å². The molecule has 0 aliphatic heterocycles. The highest BCUT2D eigenvalue weighted by Gasteiger charge is 2.21. The minimum Gasteiger partial charge on any atom is -0.420 e. The van der Waals surface area contributed by atoms with E-state index in [0.717, 1.165) is 16.1 Å². The standard InChI is InChI=1S/C21H18N4O3S/c1-13-19(20(25-28-13)15-6-4-3-5-7-15)21-24-23-18(27-21)12-29-17-10-8-16(9-11-17)22-14(2)26/h3-11H,12H2,1-2H3,(H,22,26). The van der Waals surface area contributed by atoms with Gasteiger partial charge in [-0.15, -0.1) is 22.0 Å². The monoisotopic (exact) mass is 406 g/mol. The van der Waals surface area contributed by atoms with E-state index in [-0.39, 0.29) is 5.91 Å². The van der Waals surface area contributed by atoms with Crippen LogP contribution in [0.3, 0.4) is 0 Å². The van der Waals surface area contributed by atoms with Crippen molar-refractivity contribution in [3.8, 4) is 22.7 Å². The van der Waals surface area contributed by atoms with E-state index in [0.29, 0.717) is 34.6 Å². The summed E-state index contributed by atoms with van der Waals surface area (Å²) in [6.07, 6.45) is 0. The number of hydrogen-bond donors (Lipinski definition) is 1. The molecule has 1 N–H and O–H groups in total. The molecule has 0 saturated carbocycles. The van der Waals surface area contributed by atoms with Crippen LogP contribution in [0.25, 0.3) is 22.7 Å². The molecule has 0 fully saturated rings. The summed E-state index contributed by atoms with van der Waals surface area (Å²) in [4.78, 5) is 12.1. The van der Waals surface area contributed by atoms with Gasteiger partial charge in [-0.2, -0.15) is 0 Å². The summed E-state index contributed by atoms with van der Waals surface area (Å²) in [5, 5.41) is 15.2. The third-order valence-electron chi connectivity index (χ3n) is 4.13. The van der Waals surface area contributed by atoms with E-state index < -0.39 is 0 Å². The molecule has 0 saturated heterocycles. The molecule has 0 spiro atoms. The number of thioether (sulfide) groups is 1. The summed E-state index contributed by atoms with van der Waals surface area (Å²) >= 11 is 1.57. The number of carbonyl (C=O) groups excluding carboxylic acids is 1. The Balaban J connectivity index is 1.48. The largest absolute Gasteiger partial charge is 0.420 e. The fourth-order valence-corrected chi connectivity index (χ4v) is 3.55. The van der Waals surface area contributed by atoms with E-state index in [2.05, 4.69) is 20.7 Å². The molecule has 0 bridgehead atoms. The summed E-state index contributed by atoms with van der Waals surface area (Å²) in [5.74, 6) is 1.95. The Hall–Kier alpha value is -3.39. The molecular formula is C21H18N4O3S. The van der Waals surface area contributed by atoms with Gasteiger partial charge in [0.15, 0.2) is 0 Å². The molecule has 2 aromatic carbocycles. The van der Waals surface area contributed by atoms with Crippen LogP contribution in [-0.4, -0.2) is 21.3 Å². The highest BCUT2D eigenvalue weighted by molar-refractivity contribution is 7.98. The van der Waals surface area contributed by atoms with Crippen molar-refractivity contribution in [2.45, 2.75) is 24.5 Å². The van der Waals surface area contributed by atoms with E-state index in [9.17, 15) is 4.79 Å². The first-order valence-electron chi connectivity index (χ1n) is 8.95. The summed E-state index contributed by atoms with van der Waals surface area (Å²) in [6.45, 7) is 3.31. The maximum Gasteiger partial charge on any atom is 0.253 e. The van der Waals surface area contributed by atoms with Gasteiger partial charge in [0.2, 0.25) is 11.8 Å². The Kier molecular flexibility index (Phi) is 5.44. The maximum atomic E-state index is 11.1. The van der Waals surface area contributed by atoms with Gasteiger partial charge >= 0.3 is 0 Å². The van der Waals surface area contributed by atoms with Gasteiger partial charge in [-0.25, -0.2) is 0 Å². The highest BCUT2D eigenvalue weighted by Crippen LogP contribution is 2.34. The van der Waals surface area contributed by atoms with Crippen LogP contribution in [-0.2, 0) is 10.5 Å². The van der Waals surface area contributed by atoms with Crippen molar-refractivity contribution in [1.29, 1.82) is 0 Å². The number of anilines is 1. The lowest BCUT2D eigenvalue weighted by Gasteiger charge is -2.03. The molecule has 4 rings (SSSR count). The predicted molar refractivity (Wildman–Crippen MR) is 110 cm³/mol. The molecule has 146 valence electrons. The normalized spacial score (nSPS) is 10.8. The molecule has 8 heteroatoms. The fourth-order valence-electron chi connectivity index (χ4n) is 2.81. The zero-order valence-electron chi connectivity index (χ0n) is 15.9. The molecule has 0 aliphatic carbocycles. The topological polar surface area (TPSA) is 94.1 Å². The minimum atomic E-state index is -0.0947. The van der Waals surface area contributed by atoms with Gasteiger partial charge in [0.05, 0.1) is 5.75 Å². The first-order valence-corrected chi connectivity index (χ1v) is 9.93. The molecule has 29 heavy (non-hydrogen) atoms. The Morgan fingerprint density at radius 2 is 1.83 bits per heavy atom. The number of nitrogens with zero attached hydrogens (tertiary/aromatic N) is 3. The lowest BCUT2D eigenvalue weighted by atomic mass is 10.1. The minimum absolute atomic E-state index is 0.0947. The Bertz CT molecular complexity index is 1120. The van der Waals surface area contributed by atoms with Crippen molar-refractivity contribution in [2.75, 3.05) is 5.32 Å². The molecule has 0 aliphatic rings. The summed E-state index contributed by atoms with van der Waals surface area (Å²) in [6, 6.07) is 17.3. The average Bonchev–Trinajstić information content (AvgIpc) is 3.34. The van der Waals surface area contributed by atoms with Gasteiger partial charge in [0, 0.05) is 23.1 Å². The van der Waals surface area contributed by atoms with Crippen molar-refractivity contribution >= 4 is 23.4 Å². The third-order valence-corrected chi connectivity index (χ3v) is 5.12. The third kappa shape index (κ3) is 4.38. The van der Waals surface area contributed by atoms with Crippen molar-refractivity contribution < 1.29 is 13.7 Å². The predicted octanol–water partition coefficient (Wildman–Crippen LogP) is 4.95. The molecule has 0 atom stereocenters. The molecule has 4 aromatic rings. The molecule has 2 heterocycles. The molecule has 1 amide bonds. The number of hydrogen-bond acceptors (Lipinski definition) is 7. The zero-order chi connectivity index (χ0) is 20.2. The molecular weight excluding hydrogens is 388 g/mol. The van der Waals surface area contributed by atoms with Crippen LogP contribution in [0.4, 0.5) is 5.69 Å². The number of aryl methyl sites for hydroxylation is 1. The average molecular weight is 406 g/mol. The van der Waals surface area contributed by atoms with E-state index in [1.165, 1.54) is 6.92 Å². The van der Waals surface area contributed by atoms with E-state index in [1.54, 1.807) is 11.8 Å². The lowest BCUT2D eigenvalue weighted by Crippen LogP contribution is -2.05. The van der Waals surface area contributed by atoms with Crippen molar-refractivity contribution in [3.63, 3.8) is 0 Å². The number of benzene rings is 2. The van der Waals surface area contributed by atoms with Gasteiger partial charge in [-0.05, 0) is 31.2 Å². The SMILES string of the molecule is CC(=O)Nc1ccc(SCc2nnc(-c3c(-c4ccccc4)noc3C)o2)cc1. The fraction of sp³-hybridized carbons (Fsp3) is 0.143. The Morgan fingerprint density at radius 3 is 2.55 bits per heavy atom. The van der Waals surface area contributed by atoms with Crippen molar-refractivity contribution in [1.82, 2.24) is 15.4 Å². The number of carbonyl (C=O) groups is 1. The van der Waals surface area contributed by atoms with Gasteiger partial charge in [0.25, 0.3) is 5.89 Å². The van der Waals surface area contributed by atoms with Gasteiger partial charge in [-0.1, -0.05) is 35.5 Å². The smallest absolute Gasteiger partial charge is 0.253 e. The Labute approximate surface area is 171 Å².